The van der Waals surface area contributed by atoms with Crippen molar-refractivity contribution in [3.05, 3.63) is 35.4 Å². The third-order valence-electron chi connectivity index (χ3n) is 4.82. The topological polar surface area (TPSA) is 75.6 Å². The summed E-state index contributed by atoms with van der Waals surface area (Å²) >= 11 is 0. The third kappa shape index (κ3) is 7.26. The first-order chi connectivity index (χ1) is 12.0. The molecule has 1 fully saturated rings. The zero-order chi connectivity index (χ0) is 18.1. The van der Waals surface area contributed by atoms with Crippen molar-refractivity contribution in [2.45, 2.75) is 45.4 Å². The van der Waals surface area contributed by atoms with Gasteiger partial charge in [0.1, 0.15) is 0 Å². The van der Waals surface area contributed by atoms with Gasteiger partial charge in [0.15, 0.2) is 0 Å². The Morgan fingerprint density at radius 1 is 1.32 bits per heavy atom. The van der Waals surface area contributed by atoms with Gasteiger partial charge in [-0.05, 0) is 50.5 Å². The number of hydrogen-bond acceptors (Lipinski definition) is 3. The molecule has 5 nitrogen and oxygen atoms in total. The molecule has 2 rings (SSSR count). The van der Waals surface area contributed by atoms with E-state index in [9.17, 15) is 14.7 Å². The van der Waals surface area contributed by atoms with Crippen LogP contribution in [-0.4, -0.2) is 36.7 Å². The number of benzene rings is 1. The highest BCUT2D eigenvalue weighted by molar-refractivity contribution is 5.77. The zero-order valence-corrected chi connectivity index (χ0v) is 15.0. The fourth-order valence-electron chi connectivity index (χ4n) is 3.28. The van der Waals surface area contributed by atoms with Crippen LogP contribution in [0, 0.1) is 18.8 Å². The maximum absolute atomic E-state index is 12.0. The summed E-state index contributed by atoms with van der Waals surface area (Å²) < 4.78 is 5.34. The lowest BCUT2D eigenvalue weighted by molar-refractivity contribution is -0.141. The molecular formula is C20H29NO4. The highest BCUT2D eigenvalue weighted by Crippen LogP contribution is 2.20. The highest BCUT2D eigenvalue weighted by Gasteiger charge is 2.19. The summed E-state index contributed by atoms with van der Waals surface area (Å²) in [7, 11) is 0. The molecule has 1 heterocycles. The minimum Gasteiger partial charge on any atom is -0.481 e. The Labute approximate surface area is 149 Å². The summed E-state index contributed by atoms with van der Waals surface area (Å²) in [5.41, 5.74) is 2.10. The van der Waals surface area contributed by atoms with Gasteiger partial charge in [-0.2, -0.15) is 0 Å². The van der Waals surface area contributed by atoms with Crippen LogP contribution in [0.15, 0.2) is 24.3 Å². The molecule has 0 radical (unpaired) electrons. The number of carbonyl (C=O) groups excluding carboxylic acids is 1. The van der Waals surface area contributed by atoms with Crippen LogP contribution in [0.25, 0.3) is 0 Å². The lowest BCUT2D eigenvalue weighted by Crippen LogP contribution is -2.34. The molecule has 5 heteroatoms. The number of carbonyl (C=O) groups is 2. The number of amides is 1. The van der Waals surface area contributed by atoms with Crippen molar-refractivity contribution in [2.24, 2.45) is 11.8 Å². The van der Waals surface area contributed by atoms with Gasteiger partial charge in [-0.25, -0.2) is 0 Å². The summed E-state index contributed by atoms with van der Waals surface area (Å²) in [5.74, 6) is -0.859. The quantitative estimate of drug-likeness (QED) is 0.720. The molecule has 1 aromatic rings. The summed E-state index contributed by atoms with van der Waals surface area (Å²) in [6, 6.07) is 7.84. The average Bonchev–Trinajstić information content (AvgIpc) is 2.59. The van der Waals surface area contributed by atoms with Gasteiger partial charge in [-0.15, -0.1) is 0 Å². The van der Waals surface area contributed by atoms with Crippen LogP contribution < -0.4 is 5.32 Å². The van der Waals surface area contributed by atoms with Crippen LogP contribution in [-0.2, 0) is 20.7 Å². The molecule has 1 saturated heterocycles. The van der Waals surface area contributed by atoms with E-state index in [-0.39, 0.29) is 12.5 Å². The maximum atomic E-state index is 12.0. The van der Waals surface area contributed by atoms with Gasteiger partial charge in [0.2, 0.25) is 5.91 Å². The van der Waals surface area contributed by atoms with Crippen molar-refractivity contribution in [3.63, 3.8) is 0 Å². The molecule has 138 valence electrons. The molecule has 2 N–H and O–H groups in total. The molecule has 0 aliphatic carbocycles. The Bertz CT molecular complexity index is 567. The molecule has 1 aliphatic rings. The second-order valence-electron chi connectivity index (χ2n) is 6.98. The third-order valence-corrected chi connectivity index (χ3v) is 4.82. The monoisotopic (exact) mass is 347 g/mol. The van der Waals surface area contributed by atoms with E-state index in [4.69, 9.17) is 4.74 Å². The second-order valence-corrected chi connectivity index (χ2v) is 6.98. The van der Waals surface area contributed by atoms with Gasteiger partial charge < -0.3 is 15.2 Å². The van der Waals surface area contributed by atoms with Crippen LogP contribution in [0.4, 0.5) is 0 Å². The predicted octanol–water partition coefficient (Wildman–Crippen LogP) is 2.95. The molecule has 0 bridgehead atoms. The van der Waals surface area contributed by atoms with Crippen LogP contribution in [0.3, 0.4) is 0 Å². The van der Waals surface area contributed by atoms with Crippen LogP contribution in [0.2, 0.25) is 0 Å². The SMILES string of the molecule is Cc1cccc(CC(CNC(=O)CCCC2CCOCC2)C(=O)O)c1. The zero-order valence-electron chi connectivity index (χ0n) is 15.0. The number of ether oxygens (including phenoxy) is 1. The standard InChI is InChI=1S/C20H29NO4/c1-15-4-2-6-17(12-15)13-18(20(23)24)14-21-19(22)7-3-5-16-8-10-25-11-9-16/h2,4,6,12,16,18H,3,5,7-11,13-14H2,1H3,(H,21,22)(H,23,24). The minimum atomic E-state index is -0.871. The van der Waals surface area contributed by atoms with Gasteiger partial charge in [0.25, 0.3) is 0 Å². The molecule has 25 heavy (non-hydrogen) atoms. The largest absolute Gasteiger partial charge is 0.481 e. The van der Waals surface area contributed by atoms with Crippen molar-refractivity contribution in [2.75, 3.05) is 19.8 Å². The van der Waals surface area contributed by atoms with Crippen LogP contribution >= 0.6 is 0 Å². The summed E-state index contributed by atoms with van der Waals surface area (Å²) in [5, 5.41) is 12.2. The van der Waals surface area contributed by atoms with Crippen molar-refractivity contribution >= 4 is 11.9 Å². The number of nitrogens with one attached hydrogen (secondary N) is 1. The molecular weight excluding hydrogens is 318 g/mol. The lowest BCUT2D eigenvalue weighted by atomic mass is 9.94. The number of carboxylic acids is 1. The van der Waals surface area contributed by atoms with Crippen molar-refractivity contribution < 1.29 is 19.4 Å². The Kier molecular flexibility index (Phi) is 7.92. The molecule has 0 spiro atoms. The summed E-state index contributed by atoms with van der Waals surface area (Å²) in [6.07, 6.45) is 4.96. The van der Waals surface area contributed by atoms with E-state index in [0.717, 1.165) is 50.0 Å². The van der Waals surface area contributed by atoms with E-state index in [0.29, 0.717) is 18.8 Å². The van der Waals surface area contributed by atoms with E-state index < -0.39 is 11.9 Å². The van der Waals surface area contributed by atoms with E-state index in [1.807, 2.05) is 31.2 Å². The van der Waals surface area contributed by atoms with Crippen molar-refractivity contribution in [1.29, 1.82) is 0 Å². The fourth-order valence-corrected chi connectivity index (χ4v) is 3.28. The number of rotatable bonds is 9. The van der Waals surface area contributed by atoms with Gasteiger partial charge >= 0.3 is 5.97 Å². The molecule has 0 aromatic heterocycles. The van der Waals surface area contributed by atoms with E-state index in [1.54, 1.807) is 0 Å². The molecule has 1 aromatic carbocycles. The Morgan fingerprint density at radius 2 is 2.08 bits per heavy atom. The van der Waals surface area contributed by atoms with E-state index in [1.165, 1.54) is 0 Å². The molecule has 1 unspecified atom stereocenters. The number of aryl methyl sites for hydroxylation is 1. The average molecular weight is 347 g/mol. The van der Waals surface area contributed by atoms with E-state index in [2.05, 4.69) is 5.32 Å². The first-order valence-corrected chi connectivity index (χ1v) is 9.17. The number of hydrogen-bond donors (Lipinski definition) is 2. The van der Waals surface area contributed by atoms with Gasteiger partial charge in [-0.3, -0.25) is 9.59 Å². The van der Waals surface area contributed by atoms with Crippen molar-refractivity contribution in [1.82, 2.24) is 5.32 Å². The predicted molar refractivity (Wildman–Crippen MR) is 96.4 cm³/mol. The minimum absolute atomic E-state index is 0.0532. The first kappa shape index (κ1) is 19.4. The van der Waals surface area contributed by atoms with Crippen LogP contribution in [0.1, 0.15) is 43.2 Å². The maximum Gasteiger partial charge on any atom is 0.308 e. The molecule has 1 amide bonds. The fraction of sp³-hybridized carbons (Fsp3) is 0.600. The second kappa shape index (κ2) is 10.2. The van der Waals surface area contributed by atoms with Gasteiger partial charge in [0.05, 0.1) is 5.92 Å². The van der Waals surface area contributed by atoms with Crippen LogP contribution in [0.5, 0.6) is 0 Å². The lowest BCUT2D eigenvalue weighted by Gasteiger charge is -2.21. The Balaban J connectivity index is 1.70. The molecule has 1 atom stereocenters. The molecule has 0 saturated carbocycles. The molecule has 1 aliphatic heterocycles. The Morgan fingerprint density at radius 3 is 2.76 bits per heavy atom. The summed E-state index contributed by atoms with van der Waals surface area (Å²) in [6.45, 7) is 3.82. The van der Waals surface area contributed by atoms with Gasteiger partial charge in [0, 0.05) is 26.2 Å². The highest BCUT2D eigenvalue weighted by atomic mass is 16.5. The smallest absolute Gasteiger partial charge is 0.308 e. The normalized spacial score (nSPS) is 16.4. The first-order valence-electron chi connectivity index (χ1n) is 9.17. The van der Waals surface area contributed by atoms with Gasteiger partial charge in [-0.1, -0.05) is 29.8 Å². The number of aliphatic carboxylic acids is 1. The summed E-state index contributed by atoms with van der Waals surface area (Å²) in [4.78, 5) is 23.4. The van der Waals surface area contributed by atoms with Crippen molar-refractivity contribution in [3.8, 4) is 0 Å². The van der Waals surface area contributed by atoms with E-state index >= 15 is 0 Å². The number of carboxylic acid groups (broad SMARTS) is 1. The Hall–Kier alpha value is -1.88.